The average molecular weight is 427 g/mol. The molecule has 0 aliphatic heterocycles. The summed E-state index contributed by atoms with van der Waals surface area (Å²) in [6.07, 6.45) is 6.15. The number of hydrogen-bond donors (Lipinski definition) is 2. The second kappa shape index (κ2) is 11.4. The molecule has 0 aliphatic carbocycles. The summed E-state index contributed by atoms with van der Waals surface area (Å²) >= 11 is 0. The first-order chi connectivity index (χ1) is 13.7. The van der Waals surface area contributed by atoms with E-state index in [1.165, 1.54) is 24.6 Å². The van der Waals surface area contributed by atoms with E-state index in [1.54, 1.807) is 0 Å². The van der Waals surface area contributed by atoms with Crippen molar-refractivity contribution in [2.24, 2.45) is 9.98 Å². The standard InChI is InChI=1S/C24H20N2O2.Co/c27-23(19-9-3-1-4-10-19)15-17-25-21-13-7-8-14-22(21)26-18-16-24(28)20-11-5-2-6-12-20;/h1-18,27-28H;/b23-15-,24-16-,25-17?,26-18?;. The Morgan fingerprint density at radius 2 is 0.897 bits per heavy atom. The minimum absolute atomic E-state index is 0. The molecule has 0 aromatic heterocycles. The van der Waals surface area contributed by atoms with Crippen LogP contribution in [0.4, 0.5) is 11.4 Å². The second-order valence-corrected chi connectivity index (χ2v) is 5.88. The van der Waals surface area contributed by atoms with Gasteiger partial charge in [-0.3, -0.25) is 9.98 Å². The van der Waals surface area contributed by atoms with Crippen molar-refractivity contribution in [2.45, 2.75) is 0 Å². The van der Waals surface area contributed by atoms with Gasteiger partial charge in [-0.1, -0.05) is 72.8 Å². The summed E-state index contributed by atoms with van der Waals surface area (Å²) in [4.78, 5) is 8.74. The summed E-state index contributed by atoms with van der Waals surface area (Å²) in [5.74, 6) is 0.280. The average Bonchev–Trinajstić information content (AvgIpc) is 2.76. The van der Waals surface area contributed by atoms with E-state index in [4.69, 9.17) is 0 Å². The number of aliphatic hydroxyl groups is 2. The van der Waals surface area contributed by atoms with Crippen LogP contribution in [0.5, 0.6) is 0 Å². The molecule has 0 saturated carbocycles. The van der Waals surface area contributed by atoms with E-state index in [0.717, 1.165) is 11.1 Å². The van der Waals surface area contributed by atoms with Gasteiger partial charge in [0.1, 0.15) is 11.5 Å². The molecule has 0 atom stereocenters. The summed E-state index contributed by atoms with van der Waals surface area (Å²) in [6.45, 7) is 0. The third-order valence-corrected chi connectivity index (χ3v) is 3.91. The van der Waals surface area contributed by atoms with Crippen LogP contribution in [0.15, 0.2) is 107 Å². The van der Waals surface area contributed by atoms with Gasteiger partial charge in [-0.05, 0) is 24.3 Å². The molecule has 3 rings (SSSR count). The van der Waals surface area contributed by atoms with Crippen molar-refractivity contribution in [3.63, 3.8) is 0 Å². The molecular formula is C24H20CoN2O2. The molecule has 0 aliphatic rings. The van der Waals surface area contributed by atoms with Gasteiger partial charge in [0.25, 0.3) is 0 Å². The Morgan fingerprint density at radius 3 is 1.28 bits per heavy atom. The number of rotatable bonds is 6. The van der Waals surface area contributed by atoms with Crippen molar-refractivity contribution in [3.8, 4) is 0 Å². The molecule has 0 heterocycles. The number of allylic oxidation sites excluding steroid dienone is 2. The molecule has 0 spiro atoms. The van der Waals surface area contributed by atoms with Crippen LogP contribution < -0.4 is 0 Å². The summed E-state index contributed by atoms with van der Waals surface area (Å²) in [5.41, 5.74) is 2.76. The fourth-order valence-electron chi connectivity index (χ4n) is 2.47. The van der Waals surface area contributed by atoms with E-state index >= 15 is 0 Å². The van der Waals surface area contributed by atoms with E-state index < -0.39 is 0 Å². The van der Waals surface area contributed by atoms with Gasteiger partial charge in [-0.25, -0.2) is 0 Å². The van der Waals surface area contributed by atoms with Crippen LogP contribution in [0, 0.1) is 0 Å². The van der Waals surface area contributed by atoms with Gasteiger partial charge in [-0.15, -0.1) is 0 Å². The molecule has 5 heteroatoms. The maximum absolute atomic E-state index is 10.1. The molecule has 3 aromatic rings. The Labute approximate surface area is 180 Å². The van der Waals surface area contributed by atoms with Crippen LogP contribution in [0.25, 0.3) is 11.5 Å². The maximum atomic E-state index is 10.1. The Morgan fingerprint density at radius 1 is 0.552 bits per heavy atom. The van der Waals surface area contributed by atoms with Crippen molar-refractivity contribution in [3.05, 3.63) is 108 Å². The number of benzene rings is 3. The van der Waals surface area contributed by atoms with Gasteiger partial charge < -0.3 is 10.2 Å². The molecule has 1 radical (unpaired) electrons. The first-order valence-corrected chi connectivity index (χ1v) is 8.80. The van der Waals surface area contributed by atoms with Gasteiger partial charge >= 0.3 is 0 Å². The minimum Gasteiger partial charge on any atom is -0.507 e. The number of para-hydroxylation sites is 2. The minimum atomic E-state index is 0. The molecule has 0 saturated heterocycles. The number of aliphatic hydroxyl groups excluding tert-OH is 2. The first-order valence-electron chi connectivity index (χ1n) is 8.80. The van der Waals surface area contributed by atoms with E-state index in [0.29, 0.717) is 11.4 Å². The van der Waals surface area contributed by atoms with E-state index in [9.17, 15) is 10.2 Å². The molecule has 0 amide bonds. The number of hydrogen-bond acceptors (Lipinski definition) is 4. The Hall–Kier alpha value is -3.41. The zero-order valence-corrected chi connectivity index (χ0v) is 16.6. The molecular weight excluding hydrogens is 407 g/mol. The Balaban J connectivity index is 0.00000300. The molecule has 29 heavy (non-hydrogen) atoms. The largest absolute Gasteiger partial charge is 0.507 e. The summed E-state index contributed by atoms with van der Waals surface area (Å²) in [7, 11) is 0. The van der Waals surface area contributed by atoms with Gasteiger partial charge in [0.05, 0.1) is 11.4 Å². The van der Waals surface area contributed by atoms with Gasteiger partial charge in [-0.2, -0.15) is 0 Å². The fourth-order valence-corrected chi connectivity index (χ4v) is 2.47. The van der Waals surface area contributed by atoms with E-state index in [1.807, 2.05) is 84.9 Å². The second-order valence-electron chi connectivity index (χ2n) is 5.88. The molecule has 3 aromatic carbocycles. The Kier molecular flexibility index (Phi) is 8.63. The van der Waals surface area contributed by atoms with E-state index in [-0.39, 0.29) is 28.3 Å². The van der Waals surface area contributed by atoms with Crippen molar-refractivity contribution >= 4 is 35.3 Å². The molecule has 2 N–H and O–H groups in total. The number of aliphatic imine (C=N–C) groups is 2. The van der Waals surface area contributed by atoms with Crippen LogP contribution in [0.2, 0.25) is 0 Å². The smallest absolute Gasteiger partial charge is 0.124 e. The Bertz CT molecular complexity index is 943. The first kappa shape index (κ1) is 21.9. The van der Waals surface area contributed by atoms with Crippen LogP contribution in [-0.4, -0.2) is 22.6 Å². The zero-order valence-electron chi connectivity index (χ0n) is 15.5. The zero-order chi connectivity index (χ0) is 19.6. The summed E-state index contributed by atoms with van der Waals surface area (Å²) < 4.78 is 0. The summed E-state index contributed by atoms with van der Waals surface area (Å²) in [6, 6.07) is 25.9. The molecule has 0 unspecified atom stereocenters. The normalized spacial score (nSPS) is 12.3. The van der Waals surface area contributed by atoms with Gasteiger partial charge in [0.15, 0.2) is 0 Å². The molecule has 147 valence electrons. The predicted octanol–water partition coefficient (Wildman–Crippen LogP) is 6.29. The van der Waals surface area contributed by atoms with Crippen LogP contribution >= 0.6 is 0 Å². The fraction of sp³-hybridized carbons (Fsp3) is 0. The van der Waals surface area contributed by atoms with Crippen LogP contribution in [-0.2, 0) is 16.8 Å². The number of nitrogens with zero attached hydrogens (tertiary/aromatic N) is 2. The van der Waals surface area contributed by atoms with E-state index in [2.05, 4.69) is 9.98 Å². The van der Waals surface area contributed by atoms with Gasteiger partial charge in [0, 0.05) is 40.3 Å². The maximum Gasteiger partial charge on any atom is 0.124 e. The monoisotopic (exact) mass is 427 g/mol. The van der Waals surface area contributed by atoms with Crippen molar-refractivity contribution in [1.29, 1.82) is 0 Å². The van der Waals surface area contributed by atoms with Crippen molar-refractivity contribution in [1.82, 2.24) is 0 Å². The van der Waals surface area contributed by atoms with Gasteiger partial charge in [0.2, 0.25) is 0 Å². The SMILES string of the molecule is O/C(=C\C=Nc1ccccc1N=C/C=C(\O)c1ccccc1)c1ccccc1.[Co]. The van der Waals surface area contributed by atoms with Crippen LogP contribution in [0.1, 0.15) is 11.1 Å². The quantitative estimate of drug-likeness (QED) is 0.359. The molecule has 0 fully saturated rings. The van der Waals surface area contributed by atoms with Crippen molar-refractivity contribution in [2.75, 3.05) is 0 Å². The third-order valence-electron chi connectivity index (χ3n) is 3.91. The topological polar surface area (TPSA) is 65.2 Å². The van der Waals surface area contributed by atoms with Crippen LogP contribution in [0.3, 0.4) is 0 Å². The van der Waals surface area contributed by atoms with Crippen molar-refractivity contribution < 1.29 is 27.0 Å². The predicted molar refractivity (Wildman–Crippen MR) is 117 cm³/mol. The summed E-state index contributed by atoms with van der Waals surface area (Å²) in [5, 5.41) is 20.2. The molecule has 0 bridgehead atoms. The third kappa shape index (κ3) is 6.60. The molecule has 4 nitrogen and oxygen atoms in total.